The fraction of sp³-hybridized carbons (Fsp3) is 0.810. The monoisotopic (exact) mass is 386 g/mol. The number of rotatable bonds is 8. The lowest BCUT2D eigenvalue weighted by molar-refractivity contribution is 0.0366. The predicted octanol–water partition coefficient (Wildman–Crippen LogP) is 1.81. The molecule has 3 saturated heterocycles. The maximum atomic E-state index is 9.48. The molecule has 3 fully saturated rings. The summed E-state index contributed by atoms with van der Waals surface area (Å²) in [7, 11) is 0. The molecular formula is C21H34N6O. The molecule has 0 aromatic heterocycles. The zero-order chi connectivity index (χ0) is 19.8. The average Bonchev–Trinajstić information content (AvgIpc) is 3.31. The van der Waals surface area contributed by atoms with E-state index in [2.05, 4.69) is 37.4 Å². The van der Waals surface area contributed by atoms with Gasteiger partial charge in [0.05, 0.1) is 25.9 Å². The fourth-order valence-electron chi connectivity index (χ4n) is 4.61. The molecule has 28 heavy (non-hydrogen) atoms. The first-order chi connectivity index (χ1) is 13.7. The van der Waals surface area contributed by atoms with Gasteiger partial charge in [-0.25, -0.2) is 10.1 Å². The van der Waals surface area contributed by atoms with Crippen LogP contribution in [-0.4, -0.2) is 97.8 Å². The van der Waals surface area contributed by atoms with E-state index in [1.807, 2.05) is 0 Å². The Hall–Kier alpha value is -1.80. The predicted molar refractivity (Wildman–Crippen MR) is 109 cm³/mol. The van der Waals surface area contributed by atoms with Gasteiger partial charge < -0.3 is 19.4 Å². The second kappa shape index (κ2) is 10.7. The highest BCUT2D eigenvalue weighted by atomic mass is 16.5. The largest absolute Gasteiger partial charge is 0.379 e. The number of hydrogen-bond acceptors (Lipinski definition) is 6. The Balaban J connectivity index is 1.51. The minimum Gasteiger partial charge on any atom is -0.379 e. The normalized spacial score (nSPS) is 25.8. The number of ether oxygens (including phenoxy) is 1. The maximum Gasteiger partial charge on any atom is 0.300 e. The third-order valence-corrected chi connectivity index (χ3v) is 6.24. The van der Waals surface area contributed by atoms with Crippen molar-refractivity contribution in [3.8, 4) is 6.07 Å². The van der Waals surface area contributed by atoms with Crippen LogP contribution in [-0.2, 0) is 4.74 Å². The molecule has 0 N–H and O–H groups in total. The summed E-state index contributed by atoms with van der Waals surface area (Å²) in [5, 5.41) is 9.48. The molecule has 3 aliphatic rings. The molecule has 1 unspecified atom stereocenters. The number of likely N-dealkylation sites (tertiary alicyclic amines) is 1. The minimum atomic E-state index is 0.249. The molecule has 3 heterocycles. The lowest BCUT2D eigenvalue weighted by Gasteiger charge is -2.29. The Kier molecular flexibility index (Phi) is 7.97. The summed E-state index contributed by atoms with van der Waals surface area (Å²) in [6.45, 7) is 20.5. The number of morpholine rings is 1. The van der Waals surface area contributed by atoms with Crippen LogP contribution >= 0.6 is 0 Å². The lowest BCUT2D eigenvalue weighted by Crippen LogP contribution is -2.38. The van der Waals surface area contributed by atoms with Crippen molar-refractivity contribution in [1.29, 1.82) is 5.26 Å². The number of allylic oxidation sites excluding steroid dienone is 1. The summed E-state index contributed by atoms with van der Waals surface area (Å²) >= 11 is 0. The molecule has 7 heteroatoms. The van der Waals surface area contributed by atoms with E-state index in [-0.39, 0.29) is 5.70 Å². The molecule has 0 amide bonds. The van der Waals surface area contributed by atoms with Crippen molar-refractivity contribution in [1.82, 2.24) is 19.6 Å². The zero-order valence-electron chi connectivity index (χ0n) is 17.3. The molecule has 0 saturated carbocycles. The van der Waals surface area contributed by atoms with E-state index in [0.717, 1.165) is 84.2 Å². The summed E-state index contributed by atoms with van der Waals surface area (Å²) in [5.41, 5.74) is 0.249. The Morgan fingerprint density at radius 1 is 1.07 bits per heavy atom. The highest BCUT2D eigenvalue weighted by Crippen LogP contribution is 2.24. The van der Waals surface area contributed by atoms with Crippen LogP contribution < -0.4 is 0 Å². The molecule has 154 valence electrons. The van der Waals surface area contributed by atoms with Gasteiger partial charge in [0.25, 0.3) is 0 Å². The molecule has 3 rings (SSSR count). The lowest BCUT2D eigenvalue weighted by atomic mass is 10.2. The van der Waals surface area contributed by atoms with Gasteiger partial charge in [0.15, 0.2) is 0 Å². The van der Waals surface area contributed by atoms with Crippen LogP contribution in [0.2, 0.25) is 0 Å². The second-order valence-corrected chi connectivity index (χ2v) is 8.06. The van der Waals surface area contributed by atoms with E-state index in [1.54, 1.807) is 0 Å². The molecule has 1 atom stereocenters. The molecule has 0 radical (unpaired) electrons. The average molecular weight is 387 g/mol. The van der Waals surface area contributed by atoms with Gasteiger partial charge in [0.2, 0.25) is 0 Å². The van der Waals surface area contributed by atoms with E-state index in [1.165, 1.54) is 19.4 Å². The van der Waals surface area contributed by atoms with Crippen LogP contribution in [0.5, 0.6) is 0 Å². The molecule has 0 aromatic rings. The molecule has 7 nitrogen and oxygen atoms in total. The first-order valence-electron chi connectivity index (χ1n) is 10.8. The van der Waals surface area contributed by atoms with Crippen LogP contribution in [0.4, 0.5) is 0 Å². The summed E-state index contributed by atoms with van der Waals surface area (Å²) in [4.78, 5) is 13.1. The third-order valence-electron chi connectivity index (χ3n) is 6.24. The van der Waals surface area contributed by atoms with Crippen molar-refractivity contribution in [3.63, 3.8) is 0 Å². The van der Waals surface area contributed by atoms with Gasteiger partial charge in [0.1, 0.15) is 5.82 Å². The van der Waals surface area contributed by atoms with Crippen molar-refractivity contribution in [3.05, 3.63) is 22.9 Å². The van der Waals surface area contributed by atoms with Crippen molar-refractivity contribution in [2.24, 2.45) is 0 Å². The number of hydrogen-bond donors (Lipinski definition) is 0. The second-order valence-electron chi connectivity index (χ2n) is 8.06. The van der Waals surface area contributed by atoms with E-state index in [9.17, 15) is 5.26 Å². The van der Waals surface area contributed by atoms with Crippen LogP contribution in [0.1, 0.15) is 32.6 Å². The maximum absolute atomic E-state index is 9.48. The van der Waals surface area contributed by atoms with Crippen molar-refractivity contribution in [2.45, 2.75) is 38.6 Å². The van der Waals surface area contributed by atoms with Gasteiger partial charge in [-0.15, -0.1) is 0 Å². The van der Waals surface area contributed by atoms with Gasteiger partial charge in [-0.2, -0.15) is 0 Å². The van der Waals surface area contributed by atoms with Crippen LogP contribution in [0.25, 0.3) is 4.85 Å². The minimum absolute atomic E-state index is 0.249. The molecular weight excluding hydrogens is 352 g/mol. The van der Waals surface area contributed by atoms with Crippen LogP contribution in [0.3, 0.4) is 0 Å². The summed E-state index contributed by atoms with van der Waals surface area (Å²) in [6, 6.07) is 2.83. The highest BCUT2D eigenvalue weighted by molar-refractivity contribution is 5.33. The van der Waals surface area contributed by atoms with E-state index in [4.69, 9.17) is 11.3 Å². The Bertz CT molecular complexity index is 599. The third kappa shape index (κ3) is 5.38. The highest BCUT2D eigenvalue weighted by Gasteiger charge is 2.28. The molecule has 0 bridgehead atoms. The number of nitrogens with zero attached hydrogens (tertiary/aromatic N) is 6. The fourth-order valence-corrected chi connectivity index (χ4v) is 4.61. The van der Waals surface area contributed by atoms with Crippen LogP contribution in [0, 0.1) is 17.9 Å². The Labute approximate surface area is 169 Å². The van der Waals surface area contributed by atoms with Crippen molar-refractivity contribution in [2.75, 3.05) is 72.1 Å². The van der Waals surface area contributed by atoms with Gasteiger partial charge in [0, 0.05) is 58.4 Å². The molecule has 0 aliphatic carbocycles. The van der Waals surface area contributed by atoms with Gasteiger partial charge >= 0.3 is 5.70 Å². The topological polar surface area (TPSA) is 50.3 Å². The van der Waals surface area contributed by atoms with E-state index in [0.29, 0.717) is 6.04 Å². The van der Waals surface area contributed by atoms with Gasteiger partial charge in [-0.1, -0.05) is 0 Å². The molecule has 3 aliphatic heterocycles. The summed E-state index contributed by atoms with van der Waals surface area (Å²) in [6.07, 6.45) is 4.76. The number of nitriles is 1. The van der Waals surface area contributed by atoms with Crippen LogP contribution in [0.15, 0.2) is 11.5 Å². The van der Waals surface area contributed by atoms with Gasteiger partial charge in [-0.3, -0.25) is 4.90 Å². The Morgan fingerprint density at radius 2 is 1.75 bits per heavy atom. The van der Waals surface area contributed by atoms with Crippen molar-refractivity contribution >= 4 is 0 Å². The Morgan fingerprint density at radius 3 is 2.32 bits per heavy atom. The summed E-state index contributed by atoms with van der Waals surface area (Å²) < 4.78 is 5.41. The quantitative estimate of drug-likeness (QED) is 0.468. The standard InChI is InChI=1S/C21H34N6O/c1-19-6-3-8-25(19)9-5-11-27-13-12-26(21(27)20(18-22)23-2)10-4-7-24-14-16-28-17-15-24/h19H,3-17H2,1H3/b21-20+. The van der Waals surface area contributed by atoms with E-state index < -0.39 is 0 Å². The van der Waals surface area contributed by atoms with E-state index >= 15 is 0 Å². The molecule has 0 aromatic carbocycles. The van der Waals surface area contributed by atoms with Crippen molar-refractivity contribution < 1.29 is 4.74 Å². The smallest absolute Gasteiger partial charge is 0.300 e. The first-order valence-corrected chi connectivity index (χ1v) is 10.8. The zero-order valence-corrected chi connectivity index (χ0v) is 17.3. The SMILES string of the molecule is [C-]#[N+]/C(C#N)=C1\N(CCCN2CCOCC2)CCN1CCCN1CCCC1C. The van der Waals surface area contributed by atoms with Gasteiger partial charge in [-0.05, 0) is 39.2 Å². The first kappa shape index (κ1) is 20.9. The summed E-state index contributed by atoms with van der Waals surface area (Å²) in [5.74, 6) is 0.869. The molecule has 0 spiro atoms.